The molecule has 0 bridgehead atoms. The lowest BCUT2D eigenvalue weighted by molar-refractivity contribution is -0.938. The Morgan fingerprint density at radius 1 is 0.697 bits per heavy atom. The molecule has 4 aromatic rings. The maximum Gasteiger partial charge on any atom is 0.229 e. The van der Waals surface area contributed by atoms with Crippen LogP contribution in [0.1, 0.15) is 41.0 Å². The van der Waals surface area contributed by atoms with Crippen LogP contribution in [-0.4, -0.2) is 18.9 Å². The zero-order valence-electron chi connectivity index (χ0n) is 18.6. The van der Waals surface area contributed by atoms with Gasteiger partial charge in [-0.05, 0) is 33.0 Å². The largest absolute Gasteiger partial charge is 0.319 e. The summed E-state index contributed by atoms with van der Waals surface area (Å²) in [6.45, 7) is 2.10. The normalized spacial score (nSPS) is 24.1. The van der Waals surface area contributed by atoms with E-state index in [1.54, 1.807) is 0 Å². The van der Waals surface area contributed by atoms with E-state index in [0.29, 0.717) is 5.78 Å². The summed E-state index contributed by atoms with van der Waals surface area (Å²) in [5, 5.41) is 2.55. The Balaban J connectivity index is 1.62. The lowest BCUT2D eigenvalue weighted by atomic mass is 9.77. The summed E-state index contributed by atoms with van der Waals surface area (Å²) in [7, 11) is 0. The SMILES string of the molecule is O=C1C(c2ccccc2)=C(c2ccccc2)[C@H]2c3cccc4cccc(c34)[C@@]12[NH+]1CCCC1. The van der Waals surface area contributed by atoms with Crippen molar-refractivity contribution in [3.63, 3.8) is 0 Å². The van der Waals surface area contributed by atoms with E-state index >= 15 is 0 Å². The predicted molar refractivity (Wildman–Crippen MR) is 133 cm³/mol. The minimum Gasteiger partial charge on any atom is -0.319 e. The number of carbonyl (C=O) groups excluding carboxylic acids is 1. The molecule has 4 aromatic carbocycles. The number of hydrogen-bond acceptors (Lipinski definition) is 1. The third-order valence-electron chi connectivity index (χ3n) is 8.16. The molecule has 2 aliphatic carbocycles. The van der Waals surface area contributed by atoms with E-state index in [2.05, 4.69) is 91.0 Å². The Kier molecular flexibility index (Phi) is 4.04. The van der Waals surface area contributed by atoms with Crippen LogP contribution in [0, 0.1) is 0 Å². The quantitative estimate of drug-likeness (QED) is 0.487. The van der Waals surface area contributed by atoms with Crippen LogP contribution < -0.4 is 4.90 Å². The van der Waals surface area contributed by atoms with Crippen molar-refractivity contribution < 1.29 is 9.69 Å². The predicted octanol–water partition coefficient (Wildman–Crippen LogP) is 5.00. The second kappa shape index (κ2) is 7.00. The van der Waals surface area contributed by atoms with E-state index < -0.39 is 5.54 Å². The first-order valence-corrected chi connectivity index (χ1v) is 12.1. The van der Waals surface area contributed by atoms with Gasteiger partial charge in [-0.2, -0.15) is 0 Å². The zero-order chi connectivity index (χ0) is 22.0. The molecule has 0 aromatic heterocycles. The fourth-order valence-electron chi connectivity index (χ4n) is 6.99. The molecule has 0 radical (unpaired) electrons. The molecule has 2 atom stereocenters. The van der Waals surface area contributed by atoms with Crippen molar-refractivity contribution in [3.8, 4) is 0 Å². The Hall–Kier alpha value is -3.49. The molecule has 1 N–H and O–H groups in total. The first-order valence-electron chi connectivity index (χ1n) is 12.1. The molecule has 7 rings (SSSR count). The summed E-state index contributed by atoms with van der Waals surface area (Å²) >= 11 is 0. The van der Waals surface area contributed by atoms with Gasteiger partial charge in [0.15, 0.2) is 5.54 Å². The highest BCUT2D eigenvalue weighted by Gasteiger charge is 2.67. The maximum atomic E-state index is 14.9. The van der Waals surface area contributed by atoms with Crippen LogP contribution in [0.4, 0.5) is 0 Å². The first kappa shape index (κ1) is 19.0. The average molecular weight is 429 g/mol. The van der Waals surface area contributed by atoms with Crippen LogP contribution in [-0.2, 0) is 10.3 Å². The van der Waals surface area contributed by atoms with Crippen molar-refractivity contribution in [1.29, 1.82) is 0 Å². The van der Waals surface area contributed by atoms with Gasteiger partial charge in [-0.3, -0.25) is 4.79 Å². The molecule has 1 fully saturated rings. The van der Waals surface area contributed by atoms with E-state index in [-0.39, 0.29) is 5.92 Å². The smallest absolute Gasteiger partial charge is 0.229 e. The molecule has 0 amide bonds. The van der Waals surface area contributed by atoms with Crippen LogP contribution in [0.5, 0.6) is 0 Å². The number of fused-ring (bicyclic) bond motifs is 3. The van der Waals surface area contributed by atoms with E-state index in [1.165, 1.54) is 50.8 Å². The molecular formula is C31H26NO+. The summed E-state index contributed by atoms with van der Waals surface area (Å²) in [6.07, 6.45) is 2.37. The minimum atomic E-state index is -0.573. The topological polar surface area (TPSA) is 21.5 Å². The fourth-order valence-corrected chi connectivity index (χ4v) is 6.99. The van der Waals surface area contributed by atoms with Gasteiger partial charge in [-0.15, -0.1) is 0 Å². The lowest BCUT2D eigenvalue weighted by Gasteiger charge is -2.36. The number of carbonyl (C=O) groups is 1. The molecule has 1 heterocycles. The van der Waals surface area contributed by atoms with Gasteiger partial charge in [-0.1, -0.05) is 97.1 Å². The highest BCUT2D eigenvalue weighted by molar-refractivity contribution is 6.37. The van der Waals surface area contributed by atoms with Gasteiger partial charge in [-0.25, -0.2) is 0 Å². The monoisotopic (exact) mass is 428 g/mol. The maximum absolute atomic E-state index is 14.9. The Morgan fingerprint density at radius 2 is 1.33 bits per heavy atom. The second-order valence-electron chi connectivity index (χ2n) is 9.65. The van der Waals surface area contributed by atoms with E-state index in [1.807, 2.05) is 6.07 Å². The van der Waals surface area contributed by atoms with Gasteiger partial charge in [0.2, 0.25) is 5.78 Å². The molecule has 2 nitrogen and oxygen atoms in total. The molecule has 0 unspecified atom stereocenters. The average Bonchev–Trinajstić information content (AvgIpc) is 3.56. The summed E-state index contributed by atoms with van der Waals surface area (Å²) in [4.78, 5) is 16.4. The number of rotatable bonds is 3. The molecule has 3 aliphatic rings. The van der Waals surface area contributed by atoms with E-state index in [9.17, 15) is 4.79 Å². The van der Waals surface area contributed by atoms with Crippen LogP contribution in [0.15, 0.2) is 97.1 Å². The molecule has 33 heavy (non-hydrogen) atoms. The lowest BCUT2D eigenvalue weighted by Crippen LogP contribution is -3.18. The highest BCUT2D eigenvalue weighted by atomic mass is 16.1. The number of Topliss-reactive ketones (excluding diaryl/α,β-unsaturated/α-hetero) is 1. The van der Waals surface area contributed by atoms with Crippen molar-refractivity contribution in [2.45, 2.75) is 24.3 Å². The number of quaternary nitrogens is 1. The Labute approximate surface area is 194 Å². The van der Waals surface area contributed by atoms with Crippen molar-refractivity contribution in [2.24, 2.45) is 0 Å². The fraction of sp³-hybridized carbons (Fsp3) is 0.194. The molecule has 0 saturated carbocycles. The van der Waals surface area contributed by atoms with Gasteiger partial charge in [0.25, 0.3) is 0 Å². The molecular weight excluding hydrogens is 402 g/mol. The standard InChI is InChI=1S/C31H25NO/c33-30-28(23-13-5-2-6-14-23)27(22-11-3-1-4-12-22)29-24-17-9-15-21-16-10-18-25(26(21)24)31(29,30)32-19-7-8-20-32/h1-6,9-18,29H,7-8,19-20H2/p+1/t29-,31+/m1/s1. The van der Waals surface area contributed by atoms with Crippen LogP contribution in [0.3, 0.4) is 0 Å². The minimum absolute atomic E-state index is 0.0387. The van der Waals surface area contributed by atoms with Gasteiger partial charge in [0, 0.05) is 24.0 Å². The zero-order valence-corrected chi connectivity index (χ0v) is 18.6. The molecule has 1 saturated heterocycles. The third-order valence-corrected chi connectivity index (χ3v) is 8.16. The number of ketones is 1. The van der Waals surface area contributed by atoms with Crippen LogP contribution in [0.2, 0.25) is 0 Å². The molecule has 1 aliphatic heterocycles. The van der Waals surface area contributed by atoms with Crippen molar-refractivity contribution in [3.05, 3.63) is 119 Å². The summed E-state index contributed by atoms with van der Waals surface area (Å²) < 4.78 is 0. The van der Waals surface area contributed by atoms with Crippen LogP contribution in [0.25, 0.3) is 21.9 Å². The van der Waals surface area contributed by atoms with Gasteiger partial charge in [0.1, 0.15) is 0 Å². The summed E-state index contributed by atoms with van der Waals surface area (Å²) in [6, 6.07) is 34.2. The first-order chi connectivity index (χ1) is 16.3. The van der Waals surface area contributed by atoms with Crippen molar-refractivity contribution >= 4 is 27.7 Å². The number of benzene rings is 4. The summed E-state index contributed by atoms with van der Waals surface area (Å²) in [5.74, 6) is 0.343. The second-order valence-corrected chi connectivity index (χ2v) is 9.65. The van der Waals surface area contributed by atoms with E-state index in [4.69, 9.17) is 0 Å². The number of nitrogens with one attached hydrogen (secondary N) is 1. The molecule has 0 spiro atoms. The molecule has 2 heteroatoms. The number of hydrogen-bond donors (Lipinski definition) is 1. The Bertz CT molecular complexity index is 1420. The van der Waals surface area contributed by atoms with Gasteiger partial charge < -0.3 is 4.90 Å². The van der Waals surface area contributed by atoms with E-state index in [0.717, 1.165) is 24.2 Å². The third kappa shape index (κ3) is 2.39. The van der Waals surface area contributed by atoms with Crippen molar-refractivity contribution in [1.82, 2.24) is 0 Å². The van der Waals surface area contributed by atoms with Gasteiger partial charge in [0.05, 0.1) is 19.0 Å². The van der Waals surface area contributed by atoms with Crippen LogP contribution >= 0.6 is 0 Å². The van der Waals surface area contributed by atoms with Gasteiger partial charge >= 0.3 is 0 Å². The number of likely N-dealkylation sites (tertiary alicyclic amines) is 1. The van der Waals surface area contributed by atoms with Crippen molar-refractivity contribution in [2.75, 3.05) is 13.1 Å². The highest BCUT2D eigenvalue weighted by Crippen LogP contribution is 2.61. The molecule has 160 valence electrons. The Morgan fingerprint density at radius 3 is 2.03 bits per heavy atom. The summed E-state index contributed by atoms with van der Waals surface area (Å²) in [5.41, 5.74) is 6.31.